The summed E-state index contributed by atoms with van der Waals surface area (Å²) in [5, 5.41) is 11.0. The first-order chi connectivity index (χ1) is 11.9. The molecule has 0 saturated heterocycles. The van der Waals surface area contributed by atoms with Gasteiger partial charge in [0, 0.05) is 17.7 Å². The number of benzene rings is 2. The first kappa shape index (κ1) is 19.9. The van der Waals surface area contributed by atoms with Gasteiger partial charge in [0.2, 0.25) is 10.0 Å². The van der Waals surface area contributed by atoms with Gasteiger partial charge in [0.1, 0.15) is 0 Å². The molecule has 0 aromatic heterocycles. The van der Waals surface area contributed by atoms with Crippen LogP contribution in [0.4, 0.5) is 18.9 Å². The maximum absolute atomic E-state index is 12.8. The Morgan fingerprint density at radius 2 is 1.77 bits per heavy atom. The maximum Gasteiger partial charge on any atom is 0.416 e. The zero-order valence-corrected chi connectivity index (χ0v) is 14.6. The molecule has 0 aliphatic carbocycles. The van der Waals surface area contributed by atoms with Gasteiger partial charge in [0.25, 0.3) is 5.69 Å². The molecule has 6 nitrogen and oxygen atoms in total. The van der Waals surface area contributed by atoms with E-state index in [1.165, 1.54) is 44.2 Å². The van der Waals surface area contributed by atoms with Crippen molar-refractivity contribution in [2.24, 2.45) is 0 Å². The van der Waals surface area contributed by atoms with Crippen molar-refractivity contribution in [3.8, 4) is 0 Å². The summed E-state index contributed by atoms with van der Waals surface area (Å²) in [6, 6.07) is 6.91. The fraction of sp³-hybridized carbons (Fsp3) is 0.250. The molecule has 0 heterocycles. The Bertz CT molecular complexity index is 943. The molecule has 0 saturated carbocycles. The lowest BCUT2D eigenvalue weighted by Gasteiger charge is -2.17. The Morgan fingerprint density at radius 3 is 2.35 bits per heavy atom. The van der Waals surface area contributed by atoms with Crippen LogP contribution in [-0.2, 0) is 16.2 Å². The molecule has 1 unspecified atom stereocenters. The molecule has 0 aliphatic rings. The SMILES string of the molecule is Cc1c([N+](=O)[O-])cccc1S(=O)(=O)NC(C)c1cccc(C(F)(F)F)c1. The maximum atomic E-state index is 12.8. The van der Waals surface area contributed by atoms with Gasteiger partial charge < -0.3 is 0 Å². The zero-order valence-electron chi connectivity index (χ0n) is 13.7. The van der Waals surface area contributed by atoms with Crippen molar-refractivity contribution in [3.05, 3.63) is 69.3 Å². The summed E-state index contributed by atoms with van der Waals surface area (Å²) in [6.07, 6.45) is -4.55. The Hall–Kier alpha value is -2.46. The highest BCUT2D eigenvalue weighted by atomic mass is 32.2. The second kappa shape index (κ2) is 7.04. The number of halogens is 3. The number of nitro groups is 1. The van der Waals surface area contributed by atoms with E-state index in [0.717, 1.165) is 12.1 Å². The molecule has 0 amide bonds. The van der Waals surface area contributed by atoms with Crippen LogP contribution in [0, 0.1) is 17.0 Å². The lowest BCUT2D eigenvalue weighted by molar-refractivity contribution is -0.385. The largest absolute Gasteiger partial charge is 0.416 e. The van der Waals surface area contributed by atoms with Crippen molar-refractivity contribution >= 4 is 15.7 Å². The minimum Gasteiger partial charge on any atom is -0.258 e. The van der Waals surface area contributed by atoms with E-state index in [9.17, 15) is 31.7 Å². The standard InChI is InChI=1S/C16H15F3N2O4S/c1-10-14(21(22)23)7-4-8-15(10)26(24,25)20-11(2)12-5-3-6-13(9-12)16(17,18)19/h3-9,11,20H,1-2H3. The Kier molecular flexibility index (Phi) is 5.38. The van der Waals surface area contributed by atoms with Crippen LogP contribution < -0.4 is 4.72 Å². The first-order valence-corrected chi connectivity index (χ1v) is 8.85. The molecular formula is C16H15F3N2O4S. The topological polar surface area (TPSA) is 89.3 Å². The molecule has 1 N–H and O–H groups in total. The van der Waals surface area contributed by atoms with Crippen LogP contribution in [0.3, 0.4) is 0 Å². The number of nitrogens with one attached hydrogen (secondary N) is 1. The molecule has 0 spiro atoms. The van der Waals surface area contributed by atoms with Gasteiger partial charge in [-0.25, -0.2) is 13.1 Å². The number of hydrogen-bond donors (Lipinski definition) is 1. The molecule has 0 aliphatic heterocycles. The van der Waals surface area contributed by atoms with Crippen LogP contribution >= 0.6 is 0 Å². The van der Waals surface area contributed by atoms with E-state index in [1.54, 1.807) is 0 Å². The van der Waals surface area contributed by atoms with Gasteiger partial charge in [-0.1, -0.05) is 18.2 Å². The van der Waals surface area contributed by atoms with E-state index in [2.05, 4.69) is 4.72 Å². The zero-order chi connectivity index (χ0) is 19.7. The van der Waals surface area contributed by atoms with Gasteiger partial charge in [0.15, 0.2) is 0 Å². The van der Waals surface area contributed by atoms with Crippen LogP contribution in [0.15, 0.2) is 47.4 Å². The number of alkyl halides is 3. The molecular weight excluding hydrogens is 373 g/mol. The third kappa shape index (κ3) is 4.20. The van der Waals surface area contributed by atoms with Crippen molar-refractivity contribution in [1.29, 1.82) is 0 Å². The Morgan fingerprint density at radius 1 is 1.15 bits per heavy atom. The molecule has 10 heteroatoms. The van der Waals surface area contributed by atoms with E-state index >= 15 is 0 Å². The summed E-state index contributed by atoms with van der Waals surface area (Å²) in [5.74, 6) is 0. The highest BCUT2D eigenvalue weighted by molar-refractivity contribution is 7.89. The summed E-state index contributed by atoms with van der Waals surface area (Å²) in [4.78, 5) is 9.96. The number of nitro benzene ring substituents is 1. The van der Waals surface area contributed by atoms with Crippen LogP contribution in [0.5, 0.6) is 0 Å². The minimum atomic E-state index is -4.55. The number of sulfonamides is 1. The first-order valence-electron chi connectivity index (χ1n) is 7.37. The summed E-state index contributed by atoms with van der Waals surface area (Å²) in [7, 11) is -4.18. The van der Waals surface area contributed by atoms with Crippen LogP contribution in [-0.4, -0.2) is 13.3 Å². The normalized spacial score (nSPS) is 13.4. The van der Waals surface area contributed by atoms with Gasteiger partial charge >= 0.3 is 6.18 Å². The van der Waals surface area contributed by atoms with Crippen LogP contribution in [0.1, 0.15) is 29.7 Å². The highest BCUT2D eigenvalue weighted by Gasteiger charge is 2.31. The smallest absolute Gasteiger partial charge is 0.258 e. The van der Waals surface area contributed by atoms with E-state index < -0.39 is 32.7 Å². The minimum absolute atomic E-state index is 0.0544. The highest BCUT2D eigenvalue weighted by Crippen LogP contribution is 2.31. The molecule has 0 fully saturated rings. The van der Waals surface area contributed by atoms with Gasteiger partial charge in [0.05, 0.1) is 15.4 Å². The number of hydrogen-bond acceptors (Lipinski definition) is 4. The Labute approximate surface area is 147 Å². The van der Waals surface area contributed by atoms with Gasteiger partial charge in [-0.05, 0) is 37.6 Å². The molecule has 0 bridgehead atoms. The lowest BCUT2D eigenvalue weighted by atomic mass is 10.1. The summed E-state index contributed by atoms with van der Waals surface area (Å²) in [6.45, 7) is 2.68. The van der Waals surface area contributed by atoms with Crippen LogP contribution in [0.2, 0.25) is 0 Å². The number of rotatable bonds is 5. The van der Waals surface area contributed by atoms with Crippen molar-refractivity contribution < 1.29 is 26.5 Å². The molecule has 2 aromatic rings. The monoisotopic (exact) mass is 388 g/mol. The molecule has 140 valence electrons. The quantitative estimate of drug-likeness (QED) is 0.620. The third-order valence-corrected chi connectivity index (χ3v) is 5.47. The van der Waals surface area contributed by atoms with E-state index in [0.29, 0.717) is 0 Å². The molecule has 2 rings (SSSR count). The predicted molar refractivity (Wildman–Crippen MR) is 88.0 cm³/mol. The van der Waals surface area contributed by atoms with Gasteiger partial charge in [-0.15, -0.1) is 0 Å². The number of nitrogens with zero attached hydrogens (tertiary/aromatic N) is 1. The average molecular weight is 388 g/mol. The Balaban J connectivity index is 2.36. The van der Waals surface area contributed by atoms with E-state index in [-0.39, 0.29) is 21.7 Å². The molecule has 0 radical (unpaired) electrons. The van der Waals surface area contributed by atoms with Gasteiger partial charge in [-0.2, -0.15) is 13.2 Å². The molecule has 1 atom stereocenters. The van der Waals surface area contributed by atoms with E-state index in [4.69, 9.17) is 0 Å². The van der Waals surface area contributed by atoms with Crippen molar-refractivity contribution in [2.75, 3.05) is 0 Å². The average Bonchev–Trinajstić information content (AvgIpc) is 2.53. The summed E-state index contributed by atoms with van der Waals surface area (Å²) in [5.41, 5.74) is -1.19. The van der Waals surface area contributed by atoms with E-state index in [1.807, 2.05) is 0 Å². The summed E-state index contributed by atoms with van der Waals surface area (Å²) >= 11 is 0. The third-order valence-electron chi connectivity index (χ3n) is 3.79. The van der Waals surface area contributed by atoms with Crippen molar-refractivity contribution in [3.63, 3.8) is 0 Å². The predicted octanol–water partition coefficient (Wildman–Crippen LogP) is 3.96. The molecule has 26 heavy (non-hydrogen) atoms. The van der Waals surface area contributed by atoms with Crippen molar-refractivity contribution in [2.45, 2.75) is 31.0 Å². The fourth-order valence-electron chi connectivity index (χ4n) is 2.44. The van der Waals surface area contributed by atoms with Crippen LogP contribution in [0.25, 0.3) is 0 Å². The summed E-state index contributed by atoms with van der Waals surface area (Å²) < 4.78 is 65.7. The van der Waals surface area contributed by atoms with Gasteiger partial charge in [-0.3, -0.25) is 10.1 Å². The molecule has 2 aromatic carbocycles. The fourth-order valence-corrected chi connectivity index (χ4v) is 3.93. The lowest BCUT2D eigenvalue weighted by Crippen LogP contribution is -2.27. The van der Waals surface area contributed by atoms with Crippen molar-refractivity contribution in [1.82, 2.24) is 4.72 Å². The second-order valence-electron chi connectivity index (χ2n) is 5.62. The second-order valence-corrected chi connectivity index (χ2v) is 7.31.